The predicted molar refractivity (Wildman–Crippen MR) is 71.8 cm³/mol. The molecule has 0 saturated carbocycles. The summed E-state index contributed by atoms with van der Waals surface area (Å²) in [7, 11) is 1.21. The van der Waals surface area contributed by atoms with Crippen molar-refractivity contribution in [3.8, 4) is 0 Å². The standard InChI is InChI=1S/C13H15ClFNO4/c1-13(16(18)19,7-6-11(17)20-2)8-9-4-3-5-10(14)12(9)15/h3-5H,6-8H2,1-2H3. The molecule has 0 spiro atoms. The van der Waals surface area contributed by atoms with Crippen LogP contribution in [-0.4, -0.2) is 23.5 Å². The number of hydrogen-bond donors (Lipinski definition) is 0. The highest BCUT2D eigenvalue weighted by Crippen LogP contribution is 2.26. The molecule has 110 valence electrons. The summed E-state index contributed by atoms with van der Waals surface area (Å²) >= 11 is 5.65. The molecule has 0 heterocycles. The number of hydrogen-bond acceptors (Lipinski definition) is 4. The number of benzene rings is 1. The molecule has 0 radical (unpaired) electrons. The number of nitro groups is 1. The van der Waals surface area contributed by atoms with E-state index in [2.05, 4.69) is 4.74 Å². The first-order valence-corrected chi connectivity index (χ1v) is 6.32. The van der Waals surface area contributed by atoms with Gasteiger partial charge in [0, 0.05) is 24.7 Å². The zero-order valence-corrected chi connectivity index (χ0v) is 11.9. The molecular formula is C13H15ClFNO4. The number of esters is 1. The van der Waals surface area contributed by atoms with Gasteiger partial charge in [-0.15, -0.1) is 0 Å². The van der Waals surface area contributed by atoms with E-state index in [0.717, 1.165) is 0 Å². The van der Waals surface area contributed by atoms with Gasteiger partial charge in [-0.25, -0.2) is 4.39 Å². The second kappa shape index (κ2) is 6.65. The number of halogens is 2. The maximum Gasteiger partial charge on any atom is 0.305 e. The van der Waals surface area contributed by atoms with Crippen molar-refractivity contribution in [3.63, 3.8) is 0 Å². The van der Waals surface area contributed by atoms with Gasteiger partial charge in [0.25, 0.3) is 0 Å². The number of ether oxygens (including phenoxy) is 1. The topological polar surface area (TPSA) is 69.4 Å². The molecule has 0 aliphatic rings. The van der Waals surface area contributed by atoms with Crippen LogP contribution in [0.5, 0.6) is 0 Å². The Labute approximate surface area is 120 Å². The molecule has 1 aromatic rings. The molecule has 0 aliphatic carbocycles. The average molecular weight is 304 g/mol. The predicted octanol–water partition coefficient (Wildman–Crippen LogP) is 3.01. The molecule has 20 heavy (non-hydrogen) atoms. The van der Waals surface area contributed by atoms with Gasteiger partial charge in [0.15, 0.2) is 0 Å². The first kappa shape index (κ1) is 16.4. The van der Waals surface area contributed by atoms with E-state index in [9.17, 15) is 19.3 Å². The average Bonchev–Trinajstić information content (AvgIpc) is 2.41. The van der Waals surface area contributed by atoms with Crippen LogP contribution in [0, 0.1) is 15.9 Å². The van der Waals surface area contributed by atoms with Gasteiger partial charge in [0.2, 0.25) is 5.54 Å². The van der Waals surface area contributed by atoms with Crippen LogP contribution in [-0.2, 0) is 16.0 Å². The van der Waals surface area contributed by atoms with Gasteiger partial charge in [-0.05, 0) is 11.6 Å². The second-order valence-electron chi connectivity index (χ2n) is 4.72. The smallest absolute Gasteiger partial charge is 0.305 e. The Bertz CT molecular complexity index is 523. The van der Waals surface area contributed by atoms with Crippen LogP contribution in [0.1, 0.15) is 25.3 Å². The van der Waals surface area contributed by atoms with Crippen molar-refractivity contribution in [2.24, 2.45) is 0 Å². The van der Waals surface area contributed by atoms with E-state index in [0.29, 0.717) is 0 Å². The third-order valence-electron chi connectivity index (χ3n) is 3.14. The molecule has 5 nitrogen and oxygen atoms in total. The summed E-state index contributed by atoms with van der Waals surface area (Å²) in [5, 5.41) is 11.1. The Morgan fingerprint density at radius 3 is 2.75 bits per heavy atom. The minimum atomic E-state index is -1.46. The first-order valence-electron chi connectivity index (χ1n) is 5.94. The Hall–Kier alpha value is -1.69. The molecule has 1 atom stereocenters. The van der Waals surface area contributed by atoms with Crippen LogP contribution < -0.4 is 0 Å². The highest BCUT2D eigenvalue weighted by molar-refractivity contribution is 6.30. The Kier molecular flexibility index (Phi) is 5.44. The molecule has 1 rings (SSSR count). The molecule has 0 N–H and O–H groups in total. The molecule has 1 aromatic carbocycles. The summed E-state index contributed by atoms with van der Waals surface area (Å²) in [6.07, 6.45) is -0.293. The summed E-state index contributed by atoms with van der Waals surface area (Å²) in [4.78, 5) is 21.8. The molecule has 0 bridgehead atoms. The summed E-state index contributed by atoms with van der Waals surface area (Å²) in [5.74, 6) is -1.20. The zero-order chi connectivity index (χ0) is 15.3. The van der Waals surface area contributed by atoms with E-state index in [1.54, 1.807) is 0 Å². The molecule has 0 aliphatic heterocycles. The lowest BCUT2D eigenvalue weighted by molar-refractivity contribution is -0.566. The fourth-order valence-corrected chi connectivity index (χ4v) is 2.01. The van der Waals surface area contributed by atoms with Gasteiger partial charge in [-0.3, -0.25) is 14.9 Å². The van der Waals surface area contributed by atoms with E-state index in [1.807, 2.05) is 0 Å². The molecule has 0 aromatic heterocycles. The fraction of sp³-hybridized carbons (Fsp3) is 0.462. The molecule has 0 amide bonds. The molecular weight excluding hydrogens is 289 g/mol. The Morgan fingerprint density at radius 2 is 2.20 bits per heavy atom. The summed E-state index contributed by atoms with van der Waals surface area (Å²) in [6, 6.07) is 4.35. The van der Waals surface area contributed by atoms with E-state index >= 15 is 0 Å². The van der Waals surface area contributed by atoms with E-state index < -0.39 is 22.2 Å². The van der Waals surface area contributed by atoms with Crippen LogP contribution in [0.4, 0.5) is 4.39 Å². The quantitative estimate of drug-likeness (QED) is 0.460. The van der Waals surface area contributed by atoms with Crippen LogP contribution in [0.15, 0.2) is 18.2 Å². The van der Waals surface area contributed by atoms with Crippen molar-refractivity contribution in [1.82, 2.24) is 0 Å². The minimum absolute atomic E-state index is 0.0430. The third kappa shape index (κ3) is 3.90. The van der Waals surface area contributed by atoms with Gasteiger partial charge >= 0.3 is 5.97 Å². The van der Waals surface area contributed by atoms with E-state index in [-0.39, 0.29) is 29.8 Å². The largest absolute Gasteiger partial charge is 0.469 e. The molecule has 0 fully saturated rings. The Morgan fingerprint density at radius 1 is 1.55 bits per heavy atom. The lowest BCUT2D eigenvalue weighted by atomic mass is 9.88. The van der Waals surface area contributed by atoms with Crippen molar-refractivity contribution < 1.29 is 18.8 Å². The minimum Gasteiger partial charge on any atom is -0.469 e. The normalized spacial score (nSPS) is 13.6. The number of carbonyl (C=O) groups excluding carboxylic acids is 1. The maximum atomic E-state index is 13.8. The fourth-order valence-electron chi connectivity index (χ4n) is 1.81. The van der Waals surface area contributed by atoms with Crippen molar-refractivity contribution >= 4 is 17.6 Å². The van der Waals surface area contributed by atoms with Crippen molar-refractivity contribution in [1.29, 1.82) is 0 Å². The number of nitrogens with zero attached hydrogens (tertiary/aromatic N) is 1. The van der Waals surface area contributed by atoms with Crippen LogP contribution >= 0.6 is 11.6 Å². The highest BCUT2D eigenvalue weighted by atomic mass is 35.5. The number of carbonyl (C=O) groups is 1. The maximum absolute atomic E-state index is 13.8. The first-order chi connectivity index (χ1) is 9.30. The molecule has 0 saturated heterocycles. The lowest BCUT2D eigenvalue weighted by Gasteiger charge is -2.21. The lowest BCUT2D eigenvalue weighted by Crippen LogP contribution is -2.38. The number of methoxy groups -OCH3 is 1. The molecule has 7 heteroatoms. The monoisotopic (exact) mass is 303 g/mol. The second-order valence-corrected chi connectivity index (χ2v) is 5.13. The number of rotatable bonds is 6. The van der Waals surface area contributed by atoms with Gasteiger partial charge in [0.1, 0.15) is 5.82 Å². The summed E-state index contributed by atoms with van der Waals surface area (Å²) in [6.45, 7) is 1.37. The summed E-state index contributed by atoms with van der Waals surface area (Å²) < 4.78 is 18.3. The van der Waals surface area contributed by atoms with Crippen LogP contribution in [0.25, 0.3) is 0 Å². The van der Waals surface area contributed by atoms with Gasteiger partial charge < -0.3 is 4.74 Å². The van der Waals surface area contributed by atoms with Gasteiger partial charge in [-0.2, -0.15) is 0 Å². The Balaban J connectivity index is 2.94. The zero-order valence-electron chi connectivity index (χ0n) is 11.2. The highest BCUT2D eigenvalue weighted by Gasteiger charge is 2.38. The van der Waals surface area contributed by atoms with Crippen LogP contribution in [0.2, 0.25) is 5.02 Å². The summed E-state index contributed by atoms with van der Waals surface area (Å²) in [5.41, 5.74) is -1.30. The van der Waals surface area contributed by atoms with E-state index in [1.165, 1.54) is 32.2 Å². The van der Waals surface area contributed by atoms with Crippen molar-refractivity contribution in [3.05, 3.63) is 44.7 Å². The third-order valence-corrected chi connectivity index (χ3v) is 3.43. The van der Waals surface area contributed by atoms with Crippen molar-refractivity contribution in [2.45, 2.75) is 31.7 Å². The van der Waals surface area contributed by atoms with Crippen molar-refractivity contribution in [2.75, 3.05) is 7.11 Å². The van der Waals surface area contributed by atoms with Crippen LogP contribution in [0.3, 0.4) is 0 Å². The van der Waals surface area contributed by atoms with Gasteiger partial charge in [0.05, 0.1) is 18.6 Å². The molecule has 1 unspecified atom stereocenters. The van der Waals surface area contributed by atoms with E-state index in [4.69, 9.17) is 11.6 Å². The van der Waals surface area contributed by atoms with Gasteiger partial charge in [-0.1, -0.05) is 23.7 Å². The SMILES string of the molecule is COC(=O)CCC(C)(Cc1cccc(Cl)c1F)[N+](=O)[O-].